The largest absolute Gasteiger partial charge is 0.328 e. The third-order valence-electron chi connectivity index (χ3n) is 3.06. The topological polar surface area (TPSA) is 49.7 Å². The maximum absolute atomic E-state index is 7.76. The molecule has 0 aromatic heterocycles. The molecule has 0 atom stereocenters. The molecule has 0 amide bonds. The summed E-state index contributed by atoms with van der Waals surface area (Å²) in [6, 6.07) is 0. The first-order valence-electron chi connectivity index (χ1n) is 7.34. The fraction of sp³-hybridized carbons (Fsp3) is 1.00. The second kappa shape index (κ2) is 18.1. The maximum atomic E-state index is 7.76. The number of rotatable bonds is 10. The number of hydrogen-bond donors (Lipinski definition) is 2. The smallest absolute Gasteiger partial charge is 0.326 e. The predicted octanol–water partition coefficient (Wildman–Crippen LogP) is 4.46. The molecule has 0 spiro atoms. The number of hydrogen-bond acceptors (Lipinski definition) is 3. The van der Waals surface area contributed by atoms with Crippen molar-refractivity contribution in [3.8, 4) is 0 Å². The van der Waals surface area contributed by atoms with Crippen LogP contribution in [0.2, 0.25) is 13.3 Å². The molecule has 3 nitrogen and oxygen atoms in total. The molecule has 0 bridgehead atoms. The minimum Gasteiger partial charge on any atom is -0.328 e. The van der Waals surface area contributed by atoms with Crippen LogP contribution >= 0.6 is 8.60 Å². The predicted molar refractivity (Wildman–Crippen MR) is 84.7 cm³/mol. The van der Waals surface area contributed by atoms with Crippen LogP contribution in [-0.4, -0.2) is 36.7 Å². The summed E-state index contributed by atoms with van der Waals surface area (Å²) in [5.41, 5.74) is 0. The SMILES string of the molecule is CCC[CH2][SnH]([CH2]CCC)[CH2]CCC.COP(O)O. The van der Waals surface area contributed by atoms with E-state index in [0.717, 1.165) is 0 Å². The molecule has 0 aromatic rings. The molecule has 112 valence electrons. The van der Waals surface area contributed by atoms with Gasteiger partial charge in [0.15, 0.2) is 0 Å². The van der Waals surface area contributed by atoms with Crippen molar-refractivity contribution in [3.63, 3.8) is 0 Å². The van der Waals surface area contributed by atoms with E-state index in [0.29, 0.717) is 0 Å². The molecule has 0 radical (unpaired) electrons. The Labute approximate surface area is 122 Å². The second-order valence-electron chi connectivity index (χ2n) is 4.73. The molecule has 0 fully saturated rings. The zero-order chi connectivity index (χ0) is 14.2. The summed E-state index contributed by atoms with van der Waals surface area (Å²) in [6.07, 6.45) is 8.87. The van der Waals surface area contributed by atoms with Crippen molar-refractivity contribution in [2.75, 3.05) is 7.11 Å². The number of unbranched alkanes of at least 4 members (excludes halogenated alkanes) is 3. The molecule has 0 aliphatic heterocycles. The summed E-state index contributed by atoms with van der Waals surface area (Å²) in [5.74, 6) is 0. The first-order valence-corrected chi connectivity index (χ1v) is 15.5. The fourth-order valence-corrected chi connectivity index (χ4v) is 12.8. The average Bonchev–Trinajstić information content (AvgIpc) is 2.38. The molecule has 0 unspecified atom stereocenters. The van der Waals surface area contributed by atoms with Crippen LogP contribution in [0.15, 0.2) is 0 Å². The average molecular weight is 387 g/mol. The van der Waals surface area contributed by atoms with Gasteiger partial charge in [0, 0.05) is 7.11 Å². The van der Waals surface area contributed by atoms with E-state index in [1.54, 1.807) is 13.3 Å². The monoisotopic (exact) mass is 388 g/mol. The van der Waals surface area contributed by atoms with Gasteiger partial charge in [0.25, 0.3) is 0 Å². The summed E-state index contributed by atoms with van der Waals surface area (Å²) in [4.78, 5) is 15.5. The molecular weight excluding hydrogens is 354 g/mol. The van der Waals surface area contributed by atoms with Gasteiger partial charge in [0.1, 0.15) is 0 Å². The Hall–Kier alpha value is 1.11. The fourth-order valence-electron chi connectivity index (χ4n) is 1.91. The van der Waals surface area contributed by atoms with Crippen molar-refractivity contribution >= 4 is 28.4 Å². The van der Waals surface area contributed by atoms with Crippen molar-refractivity contribution in [2.45, 2.75) is 72.6 Å². The van der Waals surface area contributed by atoms with E-state index in [1.807, 2.05) is 0 Å². The van der Waals surface area contributed by atoms with E-state index in [2.05, 4.69) is 25.3 Å². The Morgan fingerprint density at radius 1 is 0.833 bits per heavy atom. The normalized spacial score (nSPS) is 10.7. The van der Waals surface area contributed by atoms with Crippen LogP contribution in [0.3, 0.4) is 0 Å². The Morgan fingerprint density at radius 2 is 1.11 bits per heavy atom. The van der Waals surface area contributed by atoms with Crippen LogP contribution in [0.1, 0.15) is 59.3 Å². The minimum absolute atomic E-state index is 0.967. The second-order valence-corrected chi connectivity index (χ2v) is 15.5. The molecule has 0 aromatic carbocycles. The quantitative estimate of drug-likeness (QED) is 0.430. The Balaban J connectivity index is 0. The summed E-state index contributed by atoms with van der Waals surface area (Å²) < 4.78 is 9.00. The van der Waals surface area contributed by atoms with E-state index < -0.39 is 28.4 Å². The van der Waals surface area contributed by atoms with Crippen molar-refractivity contribution < 1.29 is 14.3 Å². The summed E-state index contributed by atoms with van der Waals surface area (Å²) >= 11 is -0.967. The van der Waals surface area contributed by atoms with Gasteiger partial charge in [-0.25, -0.2) is 0 Å². The van der Waals surface area contributed by atoms with Gasteiger partial charge in [-0.2, -0.15) is 0 Å². The molecule has 0 aliphatic rings. The summed E-state index contributed by atoms with van der Waals surface area (Å²) in [7, 11) is -0.870. The van der Waals surface area contributed by atoms with Gasteiger partial charge < -0.3 is 14.3 Å². The van der Waals surface area contributed by atoms with Crippen molar-refractivity contribution in [1.82, 2.24) is 0 Å². The van der Waals surface area contributed by atoms with Crippen LogP contribution < -0.4 is 0 Å². The van der Waals surface area contributed by atoms with E-state index in [4.69, 9.17) is 9.79 Å². The van der Waals surface area contributed by atoms with Crippen LogP contribution in [0.4, 0.5) is 0 Å². The van der Waals surface area contributed by atoms with E-state index >= 15 is 0 Å². The van der Waals surface area contributed by atoms with Crippen molar-refractivity contribution in [1.29, 1.82) is 0 Å². The van der Waals surface area contributed by atoms with Gasteiger partial charge in [-0.1, -0.05) is 0 Å². The van der Waals surface area contributed by atoms with Crippen LogP contribution in [0, 0.1) is 0 Å². The minimum atomic E-state index is -2.10. The molecule has 0 heterocycles. The van der Waals surface area contributed by atoms with E-state index in [-0.39, 0.29) is 0 Å². The van der Waals surface area contributed by atoms with Gasteiger partial charge >= 0.3 is 101 Å². The molecule has 0 saturated heterocycles. The van der Waals surface area contributed by atoms with Gasteiger partial charge in [0.05, 0.1) is 0 Å². The van der Waals surface area contributed by atoms with Crippen LogP contribution in [0.25, 0.3) is 0 Å². The summed E-state index contributed by atoms with van der Waals surface area (Å²) in [5, 5.41) is 0. The van der Waals surface area contributed by atoms with E-state index in [9.17, 15) is 0 Å². The molecular formula is C13H33O3PSn. The zero-order valence-electron chi connectivity index (χ0n) is 12.7. The van der Waals surface area contributed by atoms with Gasteiger partial charge in [-0.05, 0) is 0 Å². The third kappa shape index (κ3) is 19.4. The summed E-state index contributed by atoms with van der Waals surface area (Å²) in [6.45, 7) is 7.01. The van der Waals surface area contributed by atoms with Gasteiger partial charge in [0.2, 0.25) is 0 Å². The first kappa shape index (κ1) is 21.4. The van der Waals surface area contributed by atoms with Gasteiger partial charge in [-0.3, -0.25) is 0 Å². The molecule has 18 heavy (non-hydrogen) atoms. The van der Waals surface area contributed by atoms with Crippen LogP contribution in [0.5, 0.6) is 0 Å². The van der Waals surface area contributed by atoms with Crippen molar-refractivity contribution in [2.24, 2.45) is 0 Å². The molecule has 0 aliphatic carbocycles. The van der Waals surface area contributed by atoms with Crippen molar-refractivity contribution in [3.05, 3.63) is 0 Å². The van der Waals surface area contributed by atoms with Crippen LogP contribution in [-0.2, 0) is 4.52 Å². The Morgan fingerprint density at radius 3 is 1.28 bits per heavy atom. The van der Waals surface area contributed by atoms with E-state index in [1.165, 1.54) is 45.6 Å². The molecule has 5 heteroatoms. The molecule has 2 N–H and O–H groups in total. The molecule has 0 saturated carbocycles. The Bertz CT molecular complexity index is 129. The Kier molecular flexibility index (Phi) is 21.5. The third-order valence-corrected chi connectivity index (χ3v) is 13.9. The molecule has 0 rings (SSSR count). The zero-order valence-corrected chi connectivity index (χ0v) is 16.9. The standard InChI is InChI=1S/3C4H9.CH5O3P.Sn.H/c3*1-3-4-2;1-4-5(2)3;;/h3*1,3-4H2,2H3;2-3H,1H3;;. The maximum Gasteiger partial charge on any atom is 0.326 e. The first-order chi connectivity index (χ1) is 8.62. The van der Waals surface area contributed by atoms with Gasteiger partial charge in [-0.15, -0.1) is 0 Å².